The van der Waals surface area contributed by atoms with E-state index in [-0.39, 0.29) is 11.9 Å². The van der Waals surface area contributed by atoms with E-state index in [4.69, 9.17) is 16.3 Å². The quantitative estimate of drug-likeness (QED) is 0.577. The number of carbonyl (C=O) groups is 1. The molecule has 3 aromatic rings. The minimum absolute atomic E-state index is 0.0339. The first kappa shape index (κ1) is 20.9. The predicted octanol–water partition coefficient (Wildman–Crippen LogP) is 4.17. The molecule has 0 aliphatic carbocycles. The van der Waals surface area contributed by atoms with Crippen LogP contribution < -0.4 is 20.3 Å². The van der Waals surface area contributed by atoms with Crippen LogP contribution in [-0.2, 0) is 11.3 Å². The van der Waals surface area contributed by atoms with E-state index in [1.165, 1.54) is 0 Å². The summed E-state index contributed by atoms with van der Waals surface area (Å²) < 4.78 is 5.25. The fourth-order valence-electron chi connectivity index (χ4n) is 3.63. The number of nitrogens with one attached hydrogen (secondary N) is 2. The van der Waals surface area contributed by atoms with Crippen molar-refractivity contribution in [1.29, 1.82) is 0 Å². The Morgan fingerprint density at radius 3 is 2.94 bits per heavy atom. The highest BCUT2D eigenvalue weighted by Gasteiger charge is 2.32. The van der Waals surface area contributed by atoms with E-state index in [1.54, 1.807) is 19.4 Å². The average Bonchev–Trinajstić information content (AvgIpc) is 3.29. The number of rotatable bonds is 7. The second kappa shape index (κ2) is 9.66. The van der Waals surface area contributed by atoms with Gasteiger partial charge in [-0.3, -0.25) is 4.79 Å². The number of methoxy groups -OCH3 is 1. The van der Waals surface area contributed by atoms with Crippen LogP contribution in [0.15, 0.2) is 60.8 Å². The van der Waals surface area contributed by atoms with Crippen molar-refractivity contribution in [3.05, 3.63) is 71.4 Å². The average molecular weight is 438 g/mol. The van der Waals surface area contributed by atoms with Gasteiger partial charge < -0.3 is 20.3 Å². The molecule has 31 heavy (non-hydrogen) atoms. The molecule has 0 bridgehead atoms. The van der Waals surface area contributed by atoms with E-state index in [0.717, 1.165) is 36.4 Å². The van der Waals surface area contributed by atoms with Crippen LogP contribution in [0.4, 0.5) is 17.5 Å². The third kappa shape index (κ3) is 5.06. The number of para-hydroxylation sites is 1. The van der Waals surface area contributed by atoms with Gasteiger partial charge in [-0.25, -0.2) is 4.98 Å². The largest absolute Gasteiger partial charge is 0.497 e. The van der Waals surface area contributed by atoms with Gasteiger partial charge in [-0.1, -0.05) is 35.9 Å². The van der Waals surface area contributed by atoms with Crippen molar-refractivity contribution in [2.45, 2.75) is 25.4 Å². The summed E-state index contributed by atoms with van der Waals surface area (Å²) in [5.74, 6) is 1.88. The maximum absolute atomic E-state index is 12.9. The van der Waals surface area contributed by atoms with Crippen molar-refractivity contribution < 1.29 is 9.53 Å². The molecule has 1 aliphatic heterocycles. The monoisotopic (exact) mass is 437 g/mol. The number of amides is 1. The van der Waals surface area contributed by atoms with Gasteiger partial charge in [0, 0.05) is 19.3 Å². The van der Waals surface area contributed by atoms with Gasteiger partial charge in [0.2, 0.25) is 11.9 Å². The molecule has 2 aromatic carbocycles. The van der Waals surface area contributed by atoms with E-state index in [9.17, 15) is 4.79 Å². The Kier molecular flexibility index (Phi) is 6.52. The number of aromatic nitrogens is 2. The highest BCUT2D eigenvalue weighted by molar-refractivity contribution is 6.33. The number of anilines is 3. The van der Waals surface area contributed by atoms with Gasteiger partial charge in [-0.15, -0.1) is 0 Å². The van der Waals surface area contributed by atoms with E-state index >= 15 is 0 Å². The normalized spacial score (nSPS) is 15.5. The second-order valence-electron chi connectivity index (χ2n) is 7.27. The lowest BCUT2D eigenvalue weighted by atomic mass is 10.2. The lowest BCUT2D eigenvalue weighted by Gasteiger charge is -2.24. The molecule has 2 heterocycles. The summed E-state index contributed by atoms with van der Waals surface area (Å²) in [6.07, 6.45) is 3.35. The lowest BCUT2D eigenvalue weighted by Crippen LogP contribution is -2.43. The van der Waals surface area contributed by atoms with Crippen LogP contribution in [0.5, 0.6) is 5.75 Å². The Morgan fingerprint density at radius 2 is 2.10 bits per heavy atom. The zero-order chi connectivity index (χ0) is 21.6. The van der Waals surface area contributed by atoms with Crippen molar-refractivity contribution in [2.75, 3.05) is 23.9 Å². The minimum atomic E-state index is -0.304. The summed E-state index contributed by atoms with van der Waals surface area (Å²) in [5.41, 5.74) is 1.75. The summed E-state index contributed by atoms with van der Waals surface area (Å²) in [6.45, 7) is 1.17. The summed E-state index contributed by atoms with van der Waals surface area (Å²) >= 11 is 6.23. The Balaban J connectivity index is 1.44. The van der Waals surface area contributed by atoms with Gasteiger partial charge in [-0.2, -0.15) is 4.98 Å². The molecule has 1 aromatic heterocycles. The van der Waals surface area contributed by atoms with Gasteiger partial charge >= 0.3 is 0 Å². The Hall–Kier alpha value is -3.32. The molecule has 1 saturated heterocycles. The fourth-order valence-corrected chi connectivity index (χ4v) is 3.81. The number of carbonyl (C=O) groups excluding carboxylic acids is 1. The van der Waals surface area contributed by atoms with Crippen LogP contribution in [0.3, 0.4) is 0 Å². The van der Waals surface area contributed by atoms with E-state index < -0.39 is 0 Å². The third-order valence-electron chi connectivity index (χ3n) is 5.19. The van der Waals surface area contributed by atoms with Gasteiger partial charge in [0.15, 0.2) is 0 Å². The molecule has 0 unspecified atom stereocenters. The maximum atomic E-state index is 12.9. The first-order valence-corrected chi connectivity index (χ1v) is 10.5. The number of benzene rings is 2. The highest BCUT2D eigenvalue weighted by Crippen LogP contribution is 2.27. The number of ether oxygens (including phenoxy) is 1. The second-order valence-corrected chi connectivity index (χ2v) is 7.67. The van der Waals surface area contributed by atoms with E-state index in [0.29, 0.717) is 23.3 Å². The molecule has 1 fully saturated rings. The summed E-state index contributed by atoms with van der Waals surface area (Å²) in [6, 6.07) is 16.6. The standard InChI is InChI=1S/C23H24ClN5O2/c1-31-17-7-4-6-16(14-17)15-26-22(30)20-10-5-13-29(20)23-25-12-11-21(28-23)27-19-9-3-2-8-18(19)24/h2-4,6-9,11-12,14,20H,5,10,13,15H2,1H3,(H,26,30)(H,25,27,28)/t20-/m0/s1. The molecule has 2 N–H and O–H groups in total. The first-order valence-electron chi connectivity index (χ1n) is 10.2. The van der Waals surface area contributed by atoms with Crippen LogP contribution in [-0.4, -0.2) is 35.6 Å². The molecule has 0 radical (unpaired) electrons. The minimum Gasteiger partial charge on any atom is -0.497 e. The molecule has 7 nitrogen and oxygen atoms in total. The molecule has 0 saturated carbocycles. The molecular weight excluding hydrogens is 414 g/mol. The molecule has 0 spiro atoms. The van der Waals surface area contributed by atoms with Gasteiger partial charge in [0.1, 0.15) is 17.6 Å². The Labute approximate surface area is 186 Å². The van der Waals surface area contributed by atoms with Crippen LogP contribution in [0.1, 0.15) is 18.4 Å². The van der Waals surface area contributed by atoms with Crippen LogP contribution in [0.25, 0.3) is 0 Å². The third-order valence-corrected chi connectivity index (χ3v) is 5.52. The van der Waals surface area contributed by atoms with Crippen LogP contribution in [0, 0.1) is 0 Å². The number of hydrogen-bond acceptors (Lipinski definition) is 6. The SMILES string of the molecule is COc1cccc(CNC(=O)[C@@H]2CCCN2c2nccc(Nc3ccccc3Cl)n2)c1. The molecular formula is C23H24ClN5O2. The highest BCUT2D eigenvalue weighted by atomic mass is 35.5. The first-order chi connectivity index (χ1) is 15.1. The molecule has 1 aliphatic rings. The fraction of sp³-hybridized carbons (Fsp3) is 0.261. The van der Waals surface area contributed by atoms with Gasteiger partial charge in [0.05, 0.1) is 17.8 Å². The predicted molar refractivity (Wildman–Crippen MR) is 122 cm³/mol. The summed E-state index contributed by atoms with van der Waals surface area (Å²) in [7, 11) is 1.63. The molecule has 1 atom stereocenters. The smallest absolute Gasteiger partial charge is 0.243 e. The molecule has 8 heteroatoms. The van der Waals surface area contributed by atoms with Crippen molar-refractivity contribution in [3.63, 3.8) is 0 Å². The summed E-state index contributed by atoms with van der Waals surface area (Å²) in [5, 5.41) is 6.85. The summed E-state index contributed by atoms with van der Waals surface area (Å²) in [4.78, 5) is 23.9. The van der Waals surface area contributed by atoms with E-state index in [2.05, 4.69) is 20.6 Å². The topological polar surface area (TPSA) is 79.4 Å². The Bertz CT molecular complexity index is 1060. The number of nitrogens with zero attached hydrogens (tertiary/aromatic N) is 3. The molecule has 4 rings (SSSR count). The van der Waals surface area contributed by atoms with Crippen molar-refractivity contribution in [2.24, 2.45) is 0 Å². The van der Waals surface area contributed by atoms with Crippen molar-refractivity contribution in [1.82, 2.24) is 15.3 Å². The Morgan fingerprint density at radius 1 is 1.23 bits per heavy atom. The molecule has 1 amide bonds. The number of hydrogen-bond donors (Lipinski definition) is 2. The number of halogens is 1. The van der Waals surface area contributed by atoms with Crippen LogP contribution in [0.2, 0.25) is 5.02 Å². The lowest BCUT2D eigenvalue weighted by molar-refractivity contribution is -0.122. The zero-order valence-electron chi connectivity index (χ0n) is 17.2. The van der Waals surface area contributed by atoms with Crippen molar-refractivity contribution >= 4 is 35.0 Å². The van der Waals surface area contributed by atoms with Gasteiger partial charge in [-0.05, 0) is 48.7 Å². The molecule has 160 valence electrons. The van der Waals surface area contributed by atoms with Crippen molar-refractivity contribution in [3.8, 4) is 5.75 Å². The van der Waals surface area contributed by atoms with Crippen LogP contribution >= 0.6 is 11.6 Å². The van der Waals surface area contributed by atoms with E-state index in [1.807, 2.05) is 53.4 Å². The zero-order valence-corrected chi connectivity index (χ0v) is 18.0. The van der Waals surface area contributed by atoms with Gasteiger partial charge in [0.25, 0.3) is 0 Å². The maximum Gasteiger partial charge on any atom is 0.243 e.